The van der Waals surface area contributed by atoms with Crippen molar-refractivity contribution in [2.75, 3.05) is 39.4 Å². The first-order valence-electron chi connectivity index (χ1n) is 7.83. The molecule has 1 N–H and O–H groups in total. The second kappa shape index (κ2) is 7.46. The molecule has 0 saturated carbocycles. The molecule has 0 aromatic rings. The summed E-state index contributed by atoms with van der Waals surface area (Å²) in [4.78, 5) is 2.65. The van der Waals surface area contributed by atoms with Crippen LogP contribution in [-0.4, -0.2) is 50.3 Å². The van der Waals surface area contributed by atoms with Crippen molar-refractivity contribution in [2.45, 2.75) is 45.6 Å². The van der Waals surface area contributed by atoms with Gasteiger partial charge in [0.15, 0.2) is 0 Å². The summed E-state index contributed by atoms with van der Waals surface area (Å²) in [5, 5.41) is 3.54. The van der Waals surface area contributed by atoms with Crippen molar-refractivity contribution in [3.63, 3.8) is 0 Å². The number of hydrogen-bond donors (Lipinski definition) is 1. The number of rotatable bonds is 5. The van der Waals surface area contributed by atoms with Gasteiger partial charge in [0.25, 0.3) is 0 Å². The van der Waals surface area contributed by atoms with Gasteiger partial charge in [-0.3, -0.25) is 4.90 Å². The van der Waals surface area contributed by atoms with Crippen LogP contribution in [0.4, 0.5) is 0 Å². The smallest absolute Gasteiger partial charge is 0.0622 e. The topological polar surface area (TPSA) is 24.5 Å². The monoisotopic (exact) mass is 254 g/mol. The molecule has 0 aliphatic carbocycles. The van der Waals surface area contributed by atoms with Crippen LogP contribution in [0.15, 0.2) is 0 Å². The Kier molecular flexibility index (Phi) is 5.93. The molecule has 2 saturated heterocycles. The van der Waals surface area contributed by atoms with Gasteiger partial charge in [-0.15, -0.1) is 0 Å². The van der Waals surface area contributed by atoms with E-state index in [0.29, 0.717) is 6.04 Å². The second-order valence-electron chi connectivity index (χ2n) is 6.05. The van der Waals surface area contributed by atoms with Crippen LogP contribution in [-0.2, 0) is 4.74 Å². The molecule has 106 valence electrons. The van der Waals surface area contributed by atoms with Crippen molar-refractivity contribution in [2.24, 2.45) is 11.8 Å². The van der Waals surface area contributed by atoms with E-state index in [2.05, 4.69) is 24.1 Å². The second-order valence-corrected chi connectivity index (χ2v) is 6.05. The van der Waals surface area contributed by atoms with E-state index in [4.69, 9.17) is 4.74 Å². The van der Waals surface area contributed by atoms with Crippen molar-refractivity contribution in [3.05, 3.63) is 0 Å². The minimum Gasteiger partial charge on any atom is -0.378 e. The summed E-state index contributed by atoms with van der Waals surface area (Å²) in [6, 6.07) is 0.662. The molecule has 3 heteroatoms. The van der Waals surface area contributed by atoms with Gasteiger partial charge >= 0.3 is 0 Å². The minimum atomic E-state index is 0.662. The maximum atomic E-state index is 5.57. The van der Waals surface area contributed by atoms with E-state index in [0.717, 1.165) is 31.6 Å². The fourth-order valence-corrected chi connectivity index (χ4v) is 3.33. The number of ether oxygens (including phenoxy) is 1. The standard InChI is InChI=1S/C15H30N2O/c1-3-15-12-18-10-9-17(15)8-6-13(2)14-5-4-7-16-11-14/h13-16H,3-12H2,1-2H3. The fourth-order valence-electron chi connectivity index (χ4n) is 3.33. The van der Waals surface area contributed by atoms with E-state index >= 15 is 0 Å². The molecule has 0 aromatic carbocycles. The molecule has 2 aliphatic heterocycles. The SMILES string of the molecule is CCC1COCCN1CCC(C)C1CCCNC1. The van der Waals surface area contributed by atoms with E-state index in [1.165, 1.54) is 45.3 Å². The zero-order valence-corrected chi connectivity index (χ0v) is 12.2. The summed E-state index contributed by atoms with van der Waals surface area (Å²) >= 11 is 0. The molecule has 3 nitrogen and oxygen atoms in total. The fraction of sp³-hybridized carbons (Fsp3) is 1.00. The van der Waals surface area contributed by atoms with Gasteiger partial charge in [-0.2, -0.15) is 0 Å². The molecule has 3 unspecified atom stereocenters. The van der Waals surface area contributed by atoms with Crippen LogP contribution in [0.25, 0.3) is 0 Å². The average molecular weight is 254 g/mol. The lowest BCUT2D eigenvalue weighted by atomic mass is 9.85. The van der Waals surface area contributed by atoms with Gasteiger partial charge in [0.2, 0.25) is 0 Å². The Morgan fingerprint density at radius 3 is 3.06 bits per heavy atom. The maximum absolute atomic E-state index is 5.57. The lowest BCUT2D eigenvalue weighted by molar-refractivity contribution is -0.0116. The van der Waals surface area contributed by atoms with E-state index in [9.17, 15) is 0 Å². The Hall–Kier alpha value is -0.120. The number of nitrogens with one attached hydrogen (secondary N) is 1. The van der Waals surface area contributed by atoms with Crippen molar-refractivity contribution in [3.8, 4) is 0 Å². The normalized spacial score (nSPS) is 32.3. The Bertz CT molecular complexity index is 229. The highest BCUT2D eigenvalue weighted by molar-refractivity contribution is 4.78. The van der Waals surface area contributed by atoms with Gasteiger partial charge in [0, 0.05) is 12.6 Å². The molecular weight excluding hydrogens is 224 g/mol. The minimum absolute atomic E-state index is 0.662. The van der Waals surface area contributed by atoms with Crippen LogP contribution >= 0.6 is 0 Å². The predicted octanol–water partition coefficient (Wildman–Crippen LogP) is 2.12. The van der Waals surface area contributed by atoms with Gasteiger partial charge < -0.3 is 10.1 Å². The summed E-state index contributed by atoms with van der Waals surface area (Å²) in [6.45, 7) is 11.4. The Morgan fingerprint density at radius 1 is 1.44 bits per heavy atom. The molecule has 3 atom stereocenters. The molecule has 2 fully saturated rings. The van der Waals surface area contributed by atoms with Crippen LogP contribution in [0.5, 0.6) is 0 Å². The van der Waals surface area contributed by atoms with Crippen molar-refractivity contribution < 1.29 is 4.74 Å². The van der Waals surface area contributed by atoms with E-state index < -0.39 is 0 Å². The average Bonchev–Trinajstić information content (AvgIpc) is 2.46. The molecule has 0 spiro atoms. The lowest BCUT2D eigenvalue weighted by Gasteiger charge is -2.36. The van der Waals surface area contributed by atoms with E-state index in [-0.39, 0.29) is 0 Å². The predicted molar refractivity (Wildman–Crippen MR) is 75.8 cm³/mol. The van der Waals surface area contributed by atoms with Crippen molar-refractivity contribution in [1.82, 2.24) is 10.2 Å². The summed E-state index contributed by atoms with van der Waals surface area (Å²) in [7, 11) is 0. The number of nitrogens with zero attached hydrogens (tertiary/aromatic N) is 1. The summed E-state index contributed by atoms with van der Waals surface area (Å²) < 4.78 is 5.57. The lowest BCUT2D eigenvalue weighted by Crippen LogP contribution is -2.46. The van der Waals surface area contributed by atoms with Crippen LogP contribution in [0.3, 0.4) is 0 Å². The Balaban J connectivity index is 1.71. The largest absolute Gasteiger partial charge is 0.378 e. The summed E-state index contributed by atoms with van der Waals surface area (Å²) in [5.74, 6) is 1.76. The third-order valence-electron chi connectivity index (χ3n) is 4.83. The van der Waals surface area contributed by atoms with Gasteiger partial charge in [-0.05, 0) is 57.2 Å². The maximum Gasteiger partial charge on any atom is 0.0622 e. The Morgan fingerprint density at radius 2 is 2.33 bits per heavy atom. The van der Waals surface area contributed by atoms with Gasteiger partial charge in [-0.1, -0.05) is 13.8 Å². The molecule has 2 heterocycles. The first kappa shape index (κ1) is 14.3. The van der Waals surface area contributed by atoms with E-state index in [1.54, 1.807) is 0 Å². The van der Waals surface area contributed by atoms with Crippen molar-refractivity contribution in [1.29, 1.82) is 0 Å². The highest BCUT2D eigenvalue weighted by Crippen LogP contribution is 2.23. The molecule has 18 heavy (non-hydrogen) atoms. The first-order valence-corrected chi connectivity index (χ1v) is 7.83. The Labute approximate surface area is 112 Å². The molecule has 0 amide bonds. The number of piperidine rings is 1. The summed E-state index contributed by atoms with van der Waals surface area (Å²) in [6.07, 6.45) is 5.36. The highest BCUT2D eigenvalue weighted by atomic mass is 16.5. The molecular formula is C15H30N2O. The van der Waals surface area contributed by atoms with Gasteiger partial charge in [-0.25, -0.2) is 0 Å². The molecule has 0 aromatic heterocycles. The zero-order valence-electron chi connectivity index (χ0n) is 12.2. The molecule has 2 rings (SSSR count). The van der Waals surface area contributed by atoms with Gasteiger partial charge in [0.05, 0.1) is 13.2 Å². The van der Waals surface area contributed by atoms with E-state index in [1.807, 2.05) is 0 Å². The van der Waals surface area contributed by atoms with Crippen molar-refractivity contribution >= 4 is 0 Å². The number of morpholine rings is 1. The zero-order chi connectivity index (χ0) is 12.8. The molecule has 0 radical (unpaired) electrons. The van der Waals surface area contributed by atoms with Crippen LogP contribution in [0, 0.1) is 11.8 Å². The number of hydrogen-bond acceptors (Lipinski definition) is 3. The first-order chi connectivity index (χ1) is 8.81. The molecule has 0 bridgehead atoms. The van der Waals surface area contributed by atoms with Crippen LogP contribution in [0.2, 0.25) is 0 Å². The van der Waals surface area contributed by atoms with Gasteiger partial charge in [0.1, 0.15) is 0 Å². The third kappa shape index (κ3) is 3.94. The summed E-state index contributed by atoms with van der Waals surface area (Å²) in [5.41, 5.74) is 0. The van der Waals surface area contributed by atoms with Crippen LogP contribution in [0.1, 0.15) is 39.5 Å². The van der Waals surface area contributed by atoms with Crippen LogP contribution < -0.4 is 5.32 Å². The highest BCUT2D eigenvalue weighted by Gasteiger charge is 2.24. The molecule has 2 aliphatic rings. The quantitative estimate of drug-likeness (QED) is 0.813. The third-order valence-corrected chi connectivity index (χ3v) is 4.83.